The number of halogens is 2. The van der Waals surface area contributed by atoms with E-state index < -0.39 is 0 Å². The largest absolute Gasteiger partial charge is 0.493 e. The summed E-state index contributed by atoms with van der Waals surface area (Å²) in [5.74, 6) is 0.823. The van der Waals surface area contributed by atoms with E-state index in [1.807, 2.05) is 29.6 Å². The number of nitrogens with zero attached hydrogens (tertiary/aromatic N) is 1. The predicted octanol–water partition coefficient (Wildman–Crippen LogP) is 5.61. The smallest absolute Gasteiger partial charge is 0.258 e. The topological polar surface area (TPSA) is 69.7 Å². The third-order valence-corrected chi connectivity index (χ3v) is 5.90. The standard InChI is InChI=1S/C19H16Br2N2O4S/c1-25-14-8-12(15(21)17(27-3)16(14)26-2)18(24)23-19-22-13(9-28-19)10-5-4-6-11(20)7-10/h4-9H,1-3H3,(H,22,23,24). The Hall–Kier alpha value is -2.10. The van der Waals surface area contributed by atoms with Crippen LogP contribution in [0.3, 0.4) is 0 Å². The molecule has 0 saturated carbocycles. The maximum absolute atomic E-state index is 12.8. The van der Waals surface area contributed by atoms with Gasteiger partial charge in [-0.25, -0.2) is 4.98 Å². The number of methoxy groups -OCH3 is 3. The van der Waals surface area contributed by atoms with Crippen molar-refractivity contribution in [1.82, 2.24) is 4.98 Å². The summed E-state index contributed by atoms with van der Waals surface area (Å²) in [5, 5.41) is 5.20. The minimum atomic E-state index is -0.346. The summed E-state index contributed by atoms with van der Waals surface area (Å²) < 4.78 is 17.5. The number of carbonyl (C=O) groups excluding carboxylic acids is 1. The predicted molar refractivity (Wildman–Crippen MR) is 117 cm³/mol. The van der Waals surface area contributed by atoms with Crippen molar-refractivity contribution in [3.05, 3.63) is 50.2 Å². The second-order valence-corrected chi connectivity index (χ2v) is 8.08. The maximum Gasteiger partial charge on any atom is 0.258 e. The highest BCUT2D eigenvalue weighted by atomic mass is 79.9. The molecule has 1 amide bonds. The molecular weight excluding hydrogens is 512 g/mol. The van der Waals surface area contributed by atoms with E-state index in [9.17, 15) is 4.79 Å². The third kappa shape index (κ3) is 4.16. The molecule has 0 unspecified atom stereocenters. The number of benzene rings is 2. The molecule has 0 fully saturated rings. The van der Waals surface area contributed by atoms with Gasteiger partial charge in [0, 0.05) is 15.4 Å². The highest BCUT2D eigenvalue weighted by Gasteiger charge is 2.23. The Labute approximate surface area is 183 Å². The van der Waals surface area contributed by atoms with Gasteiger partial charge in [-0.2, -0.15) is 0 Å². The molecule has 28 heavy (non-hydrogen) atoms. The van der Waals surface area contributed by atoms with Crippen molar-refractivity contribution in [3.8, 4) is 28.5 Å². The lowest BCUT2D eigenvalue weighted by Gasteiger charge is -2.16. The van der Waals surface area contributed by atoms with Gasteiger partial charge in [-0.3, -0.25) is 10.1 Å². The van der Waals surface area contributed by atoms with E-state index in [0.717, 1.165) is 15.7 Å². The average molecular weight is 528 g/mol. The van der Waals surface area contributed by atoms with Crippen molar-refractivity contribution >= 4 is 54.2 Å². The summed E-state index contributed by atoms with van der Waals surface area (Å²) >= 11 is 8.21. The molecule has 1 heterocycles. The summed E-state index contributed by atoms with van der Waals surface area (Å²) in [7, 11) is 4.50. The van der Waals surface area contributed by atoms with E-state index in [2.05, 4.69) is 42.2 Å². The van der Waals surface area contributed by atoms with Crippen LogP contribution in [0.25, 0.3) is 11.3 Å². The lowest BCUT2D eigenvalue weighted by atomic mass is 10.1. The Morgan fingerprint density at radius 3 is 2.46 bits per heavy atom. The Morgan fingerprint density at radius 1 is 1.07 bits per heavy atom. The lowest BCUT2D eigenvalue weighted by Crippen LogP contribution is -2.13. The van der Waals surface area contributed by atoms with Crippen LogP contribution in [0.2, 0.25) is 0 Å². The molecule has 2 aromatic carbocycles. The van der Waals surface area contributed by atoms with Crippen LogP contribution in [0.1, 0.15) is 10.4 Å². The van der Waals surface area contributed by atoms with Crippen molar-refractivity contribution in [2.75, 3.05) is 26.6 Å². The Kier molecular flexibility index (Phi) is 6.58. The van der Waals surface area contributed by atoms with Crippen molar-refractivity contribution in [2.45, 2.75) is 0 Å². The van der Waals surface area contributed by atoms with Gasteiger partial charge in [0.05, 0.1) is 37.1 Å². The summed E-state index contributed by atoms with van der Waals surface area (Å²) in [6.45, 7) is 0. The molecule has 0 saturated heterocycles. The summed E-state index contributed by atoms with van der Waals surface area (Å²) in [6, 6.07) is 9.39. The van der Waals surface area contributed by atoms with Crippen LogP contribution in [0, 0.1) is 0 Å². The van der Waals surface area contributed by atoms with Gasteiger partial charge in [-0.1, -0.05) is 28.1 Å². The van der Waals surface area contributed by atoms with Gasteiger partial charge in [0.15, 0.2) is 16.6 Å². The fourth-order valence-corrected chi connectivity index (χ4v) is 4.31. The van der Waals surface area contributed by atoms with Crippen molar-refractivity contribution in [2.24, 2.45) is 0 Å². The number of aromatic nitrogens is 1. The van der Waals surface area contributed by atoms with Gasteiger partial charge >= 0.3 is 0 Å². The van der Waals surface area contributed by atoms with Gasteiger partial charge in [0.25, 0.3) is 5.91 Å². The molecular formula is C19H16Br2N2O4S. The number of carbonyl (C=O) groups is 1. The summed E-state index contributed by atoms with van der Waals surface area (Å²) in [5.41, 5.74) is 2.08. The molecule has 3 rings (SSSR count). The lowest BCUT2D eigenvalue weighted by molar-refractivity contribution is 0.102. The molecule has 0 radical (unpaired) electrons. The zero-order valence-corrected chi connectivity index (χ0v) is 19.2. The quantitative estimate of drug-likeness (QED) is 0.451. The molecule has 0 bridgehead atoms. The van der Waals surface area contributed by atoms with Crippen LogP contribution in [0.5, 0.6) is 17.2 Å². The summed E-state index contributed by atoms with van der Waals surface area (Å²) in [4.78, 5) is 17.3. The zero-order chi connectivity index (χ0) is 20.3. The first kappa shape index (κ1) is 20.6. The third-order valence-electron chi connectivity index (χ3n) is 3.86. The molecule has 9 heteroatoms. The molecule has 146 valence electrons. The second kappa shape index (κ2) is 8.93. The summed E-state index contributed by atoms with van der Waals surface area (Å²) in [6.07, 6.45) is 0. The number of rotatable bonds is 6. The zero-order valence-electron chi connectivity index (χ0n) is 15.2. The Balaban J connectivity index is 1.90. The van der Waals surface area contributed by atoms with Gasteiger partial charge in [-0.05, 0) is 34.1 Å². The number of amides is 1. The number of nitrogens with one attached hydrogen (secondary N) is 1. The molecule has 1 N–H and O–H groups in total. The van der Waals surface area contributed by atoms with E-state index in [1.54, 1.807) is 6.07 Å². The van der Waals surface area contributed by atoms with E-state index in [-0.39, 0.29) is 5.91 Å². The average Bonchev–Trinajstić information content (AvgIpc) is 3.15. The van der Waals surface area contributed by atoms with E-state index in [0.29, 0.717) is 32.4 Å². The van der Waals surface area contributed by atoms with Crippen LogP contribution < -0.4 is 19.5 Å². The van der Waals surface area contributed by atoms with Gasteiger partial charge < -0.3 is 14.2 Å². The van der Waals surface area contributed by atoms with Crippen LogP contribution in [0.15, 0.2) is 44.7 Å². The van der Waals surface area contributed by atoms with Gasteiger partial charge in [0.2, 0.25) is 5.75 Å². The number of hydrogen-bond acceptors (Lipinski definition) is 6. The monoisotopic (exact) mass is 526 g/mol. The van der Waals surface area contributed by atoms with Crippen molar-refractivity contribution in [3.63, 3.8) is 0 Å². The highest BCUT2D eigenvalue weighted by Crippen LogP contribution is 2.45. The van der Waals surface area contributed by atoms with Gasteiger partial charge in [-0.15, -0.1) is 11.3 Å². The fraction of sp³-hybridized carbons (Fsp3) is 0.158. The number of hydrogen-bond donors (Lipinski definition) is 1. The molecule has 3 aromatic rings. The van der Waals surface area contributed by atoms with E-state index >= 15 is 0 Å². The molecule has 0 aliphatic carbocycles. The number of ether oxygens (including phenoxy) is 3. The SMILES string of the molecule is COc1cc(C(=O)Nc2nc(-c3cccc(Br)c3)cs2)c(Br)c(OC)c1OC. The van der Waals surface area contributed by atoms with Crippen molar-refractivity contribution < 1.29 is 19.0 Å². The second-order valence-electron chi connectivity index (χ2n) is 5.51. The highest BCUT2D eigenvalue weighted by molar-refractivity contribution is 9.10. The molecule has 0 atom stereocenters. The maximum atomic E-state index is 12.8. The first-order valence-electron chi connectivity index (χ1n) is 7.99. The van der Waals surface area contributed by atoms with Crippen LogP contribution >= 0.6 is 43.2 Å². The molecule has 0 aliphatic rings. The van der Waals surface area contributed by atoms with Gasteiger partial charge in [0.1, 0.15) is 0 Å². The molecule has 0 spiro atoms. The normalized spacial score (nSPS) is 10.5. The Morgan fingerprint density at radius 2 is 1.82 bits per heavy atom. The van der Waals surface area contributed by atoms with E-state index in [1.165, 1.54) is 32.7 Å². The molecule has 1 aromatic heterocycles. The minimum Gasteiger partial charge on any atom is -0.493 e. The van der Waals surface area contributed by atoms with E-state index in [4.69, 9.17) is 14.2 Å². The number of anilines is 1. The van der Waals surface area contributed by atoms with Crippen molar-refractivity contribution in [1.29, 1.82) is 0 Å². The van der Waals surface area contributed by atoms with Crippen LogP contribution in [-0.2, 0) is 0 Å². The first-order chi connectivity index (χ1) is 13.5. The first-order valence-corrected chi connectivity index (χ1v) is 10.5. The fourth-order valence-electron chi connectivity index (χ4n) is 2.56. The Bertz CT molecular complexity index is 1020. The van der Waals surface area contributed by atoms with Crippen LogP contribution in [0.4, 0.5) is 5.13 Å². The molecule has 0 aliphatic heterocycles. The van der Waals surface area contributed by atoms with Crippen LogP contribution in [-0.4, -0.2) is 32.2 Å². The number of thiazole rings is 1. The molecule has 6 nitrogen and oxygen atoms in total. The minimum absolute atomic E-state index is 0.341.